The second kappa shape index (κ2) is 5.28. The minimum Gasteiger partial charge on any atom is -0.378 e. The molecular weight excluding hydrogens is 188 g/mol. The highest BCUT2D eigenvalue weighted by molar-refractivity contribution is 4.79. The van der Waals surface area contributed by atoms with Crippen LogP contribution in [0.5, 0.6) is 0 Å². The molecule has 1 saturated carbocycles. The van der Waals surface area contributed by atoms with Crippen LogP contribution in [0, 0.1) is 0 Å². The lowest BCUT2D eigenvalue weighted by Gasteiger charge is -2.41. The predicted octanol–water partition coefficient (Wildman–Crippen LogP) is 1.93. The number of hydrogen-bond donors (Lipinski definition) is 1. The Morgan fingerprint density at radius 3 is 2.20 bits per heavy atom. The third kappa shape index (κ3) is 2.92. The molecule has 1 aliphatic heterocycles. The van der Waals surface area contributed by atoms with Crippen LogP contribution in [-0.4, -0.2) is 36.3 Å². The molecule has 2 fully saturated rings. The quantitative estimate of drug-likeness (QED) is 0.757. The molecule has 0 aromatic carbocycles. The van der Waals surface area contributed by atoms with E-state index in [0.717, 1.165) is 13.2 Å². The van der Waals surface area contributed by atoms with Gasteiger partial charge in [-0.15, -0.1) is 0 Å². The van der Waals surface area contributed by atoms with Crippen molar-refractivity contribution in [2.24, 2.45) is 0 Å². The number of nitrogens with one attached hydrogen (secondary N) is 1. The molecule has 2 rings (SSSR count). The topological polar surface area (TPSA) is 24.5 Å². The summed E-state index contributed by atoms with van der Waals surface area (Å²) < 4.78 is 5.53. The van der Waals surface area contributed by atoms with E-state index < -0.39 is 0 Å². The summed E-state index contributed by atoms with van der Waals surface area (Å²) in [7, 11) is 0. The molecule has 1 N–H and O–H groups in total. The highest BCUT2D eigenvalue weighted by Crippen LogP contribution is 2.19. The molecule has 0 bridgehead atoms. The van der Waals surface area contributed by atoms with Gasteiger partial charge < -0.3 is 4.74 Å². The van der Waals surface area contributed by atoms with Gasteiger partial charge >= 0.3 is 0 Å². The minimum absolute atomic E-state index is 0.510. The van der Waals surface area contributed by atoms with E-state index in [9.17, 15) is 0 Å². The lowest BCUT2D eigenvalue weighted by Crippen LogP contribution is -2.59. The van der Waals surface area contributed by atoms with Gasteiger partial charge in [0.25, 0.3) is 0 Å². The second-order valence-electron chi connectivity index (χ2n) is 5.11. The highest BCUT2D eigenvalue weighted by atomic mass is 16.5. The molecule has 1 heterocycles. The van der Waals surface area contributed by atoms with Gasteiger partial charge in [-0.1, -0.05) is 19.3 Å². The maximum absolute atomic E-state index is 5.53. The van der Waals surface area contributed by atoms with Crippen molar-refractivity contribution in [3.63, 3.8) is 0 Å². The molecule has 0 spiro atoms. The predicted molar refractivity (Wildman–Crippen MR) is 61.6 cm³/mol. The summed E-state index contributed by atoms with van der Waals surface area (Å²) in [4.78, 5) is 0. The van der Waals surface area contributed by atoms with Crippen molar-refractivity contribution < 1.29 is 4.74 Å². The van der Waals surface area contributed by atoms with Crippen LogP contribution in [0.25, 0.3) is 0 Å². The van der Waals surface area contributed by atoms with E-state index in [-0.39, 0.29) is 0 Å². The van der Waals surface area contributed by atoms with E-state index in [2.05, 4.69) is 24.3 Å². The number of morpholine rings is 1. The Kier molecular flexibility index (Phi) is 4.00. The molecule has 1 saturated heterocycles. The fraction of sp³-hybridized carbons (Fsp3) is 1.00. The van der Waals surface area contributed by atoms with E-state index in [1.165, 1.54) is 32.1 Å². The summed E-state index contributed by atoms with van der Waals surface area (Å²) >= 11 is 0. The number of hydrogen-bond acceptors (Lipinski definition) is 3. The van der Waals surface area contributed by atoms with Gasteiger partial charge in [-0.2, -0.15) is 0 Å². The van der Waals surface area contributed by atoms with E-state index >= 15 is 0 Å². The number of rotatable bonds is 2. The van der Waals surface area contributed by atoms with Crippen LogP contribution in [0.4, 0.5) is 0 Å². The molecular formula is C12H24N2O. The van der Waals surface area contributed by atoms with Gasteiger partial charge in [0, 0.05) is 18.1 Å². The van der Waals surface area contributed by atoms with E-state index in [4.69, 9.17) is 4.74 Å². The molecule has 15 heavy (non-hydrogen) atoms. The van der Waals surface area contributed by atoms with Gasteiger partial charge in [-0.25, -0.2) is 5.01 Å². The summed E-state index contributed by atoms with van der Waals surface area (Å²) in [6, 6.07) is 1.73. The van der Waals surface area contributed by atoms with Crippen LogP contribution in [0.15, 0.2) is 0 Å². The Bertz CT molecular complexity index is 182. The first kappa shape index (κ1) is 11.4. The Morgan fingerprint density at radius 2 is 1.60 bits per heavy atom. The summed E-state index contributed by atoms with van der Waals surface area (Å²) in [5, 5.41) is 2.42. The van der Waals surface area contributed by atoms with E-state index in [0.29, 0.717) is 18.1 Å². The van der Waals surface area contributed by atoms with Crippen LogP contribution in [0.3, 0.4) is 0 Å². The van der Waals surface area contributed by atoms with Crippen molar-refractivity contribution in [1.29, 1.82) is 0 Å². The molecule has 2 aliphatic rings. The lowest BCUT2D eigenvalue weighted by molar-refractivity contribution is -0.0733. The van der Waals surface area contributed by atoms with Crippen LogP contribution in [0.2, 0.25) is 0 Å². The molecule has 0 aromatic heterocycles. The Labute approximate surface area is 93.1 Å². The third-order valence-electron chi connectivity index (χ3n) is 3.60. The first-order chi connectivity index (χ1) is 7.27. The molecule has 88 valence electrons. The fourth-order valence-electron chi connectivity index (χ4n) is 2.70. The largest absolute Gasteiger partial charge is 0.378 e. The smallest absolute Gasteiger partial charge is 0.0634 e. The standard InChI is InChI=1S/C12H24N2O/c1-10-8-15-9-11(2)14(10)13-12-6-4-3-5-7-12/h10-13H,3-9H2,1-2H3. The fourth-order valence-corrected chi connectivity index (χ4v) is 2.70. The molecule has 0 amide bonds. The van der Waals surface area contributed by atoms with Crippen molar-refractivity contribution in [1.82, 2.24) is 10.4 Å². The number of hydrazine groups is 1. The van der Waals surface area contributed by atoms with Crippen molar-refractivity contribution in [2.45, 2.75) is 64.1 Å². The monoisotopic (exact) mass is 212 g/mol. The Morgan fingerprint density at radius 1 is 1.00 bits per heavy atom. The van der Waals surface area contributed by atoms with Gasteiger partial charge in [-0.05, 0) is 26.7 Å². The number of ether oxygens (including phenoxy) is 1. The Hall–Kier alpha value is -0.120. The molecule has 2 unspecified atom stereocenters. The lowest BCUT2D eigenvalue weighted by atomic mass is 9.96. The zero-order valence-electron chi connectivity index (χ0n) is 10.0. The molecule has 2 atom stereocenters. The van der Waals surface area contributed by atoms with E-state index in [1.807, 2.05) is 0 Å². The zero-order chi connectivity index (χ0) is 10.7. The van der Waals surface area contributed by atoms with Gasteiger partial charge in [0.2, 0.25) is 0 Å². The van der Waals surface area contributed by atoms with Gasteiger partial charge in [0.15, 0.2) is 0 Å². The van der Waals surface area contributed by atoms with Crippen LogP contribution < -0.4 is 5.43 Å². The maximum Gasteiger partial charge on any atom is 0.0634 e. The van der Waals surface area contributed by atoms with Crippen molar-refractivity contribution in [3.8, 4) is 0 Å². The van der Waals surface area contributed by atoms with Crippen LogP contribution in [0.1, 0.15) is 46.0 Å². The normalized spacial score (nSPS) is 35.6. The van der Waals surface area contributed by atoms with Gasteiger partial charge in [0.1, 0.15) is 0 Å². The average molecular weight is 212 g/mol. The van der Waals surface area contributed by atoms with E-state index in [1.54, 1.807) is 0 Å². The van der Waals surface area contributed by atoms with Gasteiger partial charge in [0.05, 0.1) is 13.2 Å². The zero-order valence-corrected chi connectivity index (χ0v) is 10.0. The highest BCUT2D eigenvalue weighted by Gasteiger charge is 2.27. The summed E-state index contributed by atoms with van der Waals surface area (Å²) in [5.74, 6) is 0. The molecule has 1 aliphatic carbocycles. The van der Waals surface area contributed by atoms with Gasteiger partial charge in [-0.3, -0.25) is 5.43 Å². The van der Waals surface area contributed by atoms with Crippen molar-refractivity contribution in [3.05, 3.63) is 0 Å². The average Bonchev–Trinajstić information content (AvgIpc) is 2.25. The SMILES string of the molecule is CC1COCC(C)N1NC1CCCCC1. The minimum atomic E-state index is 0.510. The summed E-state index contributed by atoms with van der Waals surface area (Å²) in [6.45, 7) is 6.21. The third-order valence-corrected chi connectivity index (χ3v) is 3.60. The van der Waals surface area contributed by atoms with Crippen molar-refractivity contribution in [2.75, 3.05) is 13.2 Å². The first-order valence-electron chi connectivity index (χ1n) is 6.39. The van der Waals surface area contributed by atoms with Crippen molar-refractivity contribution >= 4 is 0 Å². The summed E-state index contributed by atoms with van der Waals surface area (Å²) in [5.41, 5.74) is 3.71. The summed E-state index contributed by atoms with van der Waals surface area (Å²) in [6.07, 6.45) is 6.90. The molecule has 0 aromatic rings. The van der Waals surface area contributed by atoms with Crippen LogP contribution >= 0.6 is 0 Å². The maximum atomic E-state index is 5.53. The molecule has 0 radical (unpaired) electrons. The Balaban J connectivity index is 1.84. The molecule has 3 heteroatoms. The number of nitrogens with zero attached hydrogens (tertiary/aromatic N) is 1. The first-order valence-corrected chi connectivity index (χ1v) is 6.39. The second-order valence-corrected chi connectivity index (χ2v) is 5.11. The van der Waals surface area contributed by atoms with Crippen LogP contribution in [-0.2, 0) is 4.74 Å². The molecule has 3 nitrogen and oxygen atoms in total.